The lowest BCUT2D eigenvalue weighted by molar-refractivity contribution is 0.0944. The second-order valence-electron chi connectivity index (χ2n) is 4.07. The summed E-state index contributed by atoms with van der Waals surface area (Å²) in [5.41, 5.74) is 2.14. The van der Waals surface area contributed by atoms with Gasteiger partial charge in [-0.15, -0.1) is 0 Å². The summed E-state index contributed by atoms with van der Waals surface area (Å²) in [4.78, 5) is 20.5. The molecule has 1 N–H and O–H groups in total. The van der Waals surface area contributed by atoms with Gasteiger partial charge >= 0.3 is 0 Å². The molecule has 0 saturated heterocycles. The minimum absolute atomic E-state index is 0.144. The Bertz CT molecular complexity index is 706. The summed E-state index contributed by atoms with van der Waals surface area (Å²) in [5, 5.41) is 2.85. The van der Waals surface area contributed by atoms with Crippen molar-refractivity contribution in [2.75, 3.05) is 0 Å². The van der Waals surface area contributed by atoms with Crippen LogP contribution in [-0.4, -0.2) is 20.3 Å². The molecule has 3 rings (SSSR count). The van der Waals surface area contributed by atoms with Crippen LogP contribution in [0.15, 0.2) is 55.0 Å². The molecule has 3 aromatic heterocycles. The summed E-state index contributed by atoms with van der Waals surface area (Å²) in [5.74, 6) is -0.144. The highest BCUT2D eigenvalue weighted by Gasteiger charge is 2.09. The molecule has 0 unspecified atom stereocenters. The molecule has 5 nitrogen and oxygen atoms in total. The molecule has 1 amide bonds. The van der Waals surface area contributed by atoms with Crippen molar-refractivity contribution >= 4 is 11.6 Å². The van der Waals surface area contributed by atoms with Gasteiger partial charge in [-0.05, 0) is 24.3 Å². The minimum atomic E-state index is -0.144. The highest BCUT2D eigenvalue weighted by atomic mass is 16.1. The molecule has 0 aliphatic carbocycles. The number of fused-ring (bicyclic) bond motifs is 1. The number of pyridine rings is 2. The fraction of sp³-hybridized carbons (Fsp3) is 0.0714. The topological polar surface area (TPSA) is 59.3 Å². The van der Waals surface area contributed by atoms with Crippen molar-refractivity contribution < 1.29 is 4.79 Å². The number of carbonyl (C=O) groups is 1. The van der Waals surface area contributed by atoms with Crippen molar-refractivity contribution in [3.8, 4) is 0 Å². The Kier molecular flexibility index (Phi) is 2.94. The molecule has 0 spiro atoms. The van der Waals surface area contributed by atoms with Crippen molar-refractivity contribution in [1.82, 2.24) is 19.7 Å². The van der Waals surface area contributed by atoms with Gasteiger partial charge in [0.25, 0.3) is 5.91 Å². The fourth-order valence-electron chi connectivity index (χ4n) is 1.90. The fourth-order valence-corrected chi connectivity index (χ4v) is 1.90. The van der Waals surface area contributed by atoms with Gasteiger partial charge in [-0.2, -0.15) is 0 Å². The quantitative estimate of drug-likeness (QED) is 0.771. The number of hydrogen-bond donors (Lipinski definition) is 1. The van der Waals surface area contributed by atoms with E-state index in [1.807, 2.05) is 30.3 Å². The van der Waals surface area contributed by atoms with Crippen LogP contribution in [0.25, 0.3) is 5.65 Å². The standard InChI is InChI=1S/C14H12N4O/c19-14(17-10-11-4-1-2-7-15-11)12-5-3-6-13-16-8-9-18(12)13/h1-9H,10H2,(H,17,19). The minimum Gasteiger partial charge on any atom is -0.345 e. The van der Waals surface area contributed by atoms with Gasteiger partial charge in [0.2, 0.25) is 0 Å². The third-order valence-corrected chi connectivity index (χ3v) is 2.82. The highest BCUT2D eigenvalue weighted by molar-refractivity contribution is 5.93. The maximum Gasteiger partial charge on any atom is 0.268 e. The van der Waals surface area contributed by atoms with E-state index in [9.17, 15) is 4.79 Å². The van der Waals surface area contributed by atoms with Crippen LogP contribution in [0, 0.1) is 0 Å². The molecule has 0 aliphatic rings. The maximum atomic E-state index is 12.1. The largest absolute Gasteiger partial charge is 0.345 e. The predicted molar refractivity (Wildman–Crippen MR) is 70.6 cm³/mol. The van der Waals surface area contributed by atoms with Gasteiger partial charge in [0.1, 0.15) is 11.3 Å². The Labute approximate surface area is 109 Å². The average molecular weight is 252 g/mol. The number of amides is 1. The lowest BCUT2D eigenvalue weighted by Gasteiger charge is -2.06. The van der Waals surface area contributed by atoms with Gasteiger partial charge in [0, 0.05) is 18.6 Å². The average Bonchev–Trinajstić information content (AvgIpc) is 2.94. The molecule has 19 heavy (non-hydrogen) atoms. The van der Waals surface area contributed by atoms with Gasteiger partial charge in [-0.3, -0.25) is 14.2 Å². The van der Waals surface area contributed by atoms with E-state index in [0.29, 0.717) is 12.2 Å². The smallest absolute Gasteiger partial charge is 0.268 e. The molecule has 0 radical (unpaired) electrons. The second kappa shape index (κ2) is 4.89. The van der Waals surface area contributed by atoms with Crippen LogP contribution in [0.5, 0.6) is 0 Å². The first kappa shape index (κ1) is 11.4. The normalized spacial score (nSPS) is 10.5. The molecule has 3 aromatic rings. The van der Waals surface area contributed by atoms with Crippen molar-refractivity contribution in [1.29, 1.82) is 0 Å². The zero-order valence-electron chi connectivity index (χ0n) is 10.2. The lowest BCUT2D eigenvalue weighted by Crippen LogP contribution is -2.25. The van der Waals surface area contributed by atoms with E-state index in [0.717, 1.165) is 11.3 Å². The van der Waals surface area contributed by atoms with Crippen LogP contribution in [0.2, 0.25) is 0 Å². The van der Waals surface area contributed by atoms with Crippen LogP contribution in [0.4, 0.5) is 0 Å². The number of nitrogens with zero attached hydrogens (tertiary/aromatic N) is 3. The molecule has 0 bridgehead atoms. The molecule has 0 atom stereocenters. The van der Waals surface area contributed by atoms with Gasteiger partial charge in [0.05, 0.1) is 12.2 Å². The third-order valence-electron chi connectivity index (χ3n) is 2.82. The van der Waals surface area contributed by atoms with Crippen LogP contribution < -0.4 is 5.32 Å². The SMILES string of the molecule is O=C(NCc1ccccn1)c1cccc2nccn12. The molecule has 0 aromatic carbocycles. The molecular weight excluding hydrogens is 240 g/mol. The number of carbonyl (C=O) groups excluding carboxylic acids is 1. The van der Waals surface area contributed by atoms with Gasteiger partial charge < -0.3 is 5.32 Å². The van der Waals surface area contributed by atoms with E-state index in [1.165, 1.54) is 0 Å². The molecule has 3 heterocycles. The Hall–Kier alpha value is -2.69. The summed E-state index contributed by atoms with van der Waals surface area (Å²) in [6, 6.07) is 11.1. The number of aromatic nitrogens is 3. The lowest BCUT2D eigenvalue weighted by atomic mass is 10.3. The van der Waals surface area contributed by atoms with E-state index >= 15 is 0 Å². The highest BCUT2D eigenvalue weighted by Crippen LogP contribution is 2.06. The van der Waals surface area contributed by atoms with Crippen LogP contribution >= 0.6 is 0 Å². The zero-order valence-corrected chi connectivity index (χ0v) is 10.2. The van der Waals surface area contributed by atoms with Crippen molar-refractivity contribution in [2.24, 2.45) is 0 Å². The van der Waals surface area contributed by atoms with E-state index in [-0.39, 0.29) is 5.91 Å². The summed E-state index contributed by atoms with van der Waals surface area (Å²) >= 11 is 0. The Morgan fingerprint density at radius 2 is 2.05 bits per heavy atom. The first-order valence-corrected chi connectivity index (χ1v) is 5.95. The van der Waals surface area contributed by atoms with Gasteiger partial charge in [-0.25, -0.2) is 4.98 Å². The Morgan fingerprint density at radius 3 is 2.89 bits per heavy atom. The van der Waals surface area contributed by atoms with Gasteiger partial charge in [0.15, 0.2) is 0 Å². The third kappa shape index (κ3) is 2.30. The maximum absolute atomic E-state index is 12.1. The first-order valence-electron chi connectivity index (χ1n) is 5.95. The molecular formula is C14H12N4O. The summed E-state index contributed by atoms with van der Waals surface area (Å²) in [6.45, 7) is 0.407. The van der Waals surface area contributed by atoms with E-state index in [4.69, 9.17) is 0 Å². The van der Waals surface area contributed by atoms with Gasteiger partial charge in [-0.1, -0.05) is 12.1 Å². The van der Waals surface area contributed by atoms with Crippen LogP contribution in [0.1, 0.15) is 16.2 Å². The van der Waals surface area contributed by atoms with E-state index < -0.39 is 0 Å². The Balaban J connectivity index is 1.79. The summed E-state index contributed by atoms with van der Waals surface area (Å²) in [6.07, 6.45) is 5.15. The first-order chi connectivity index (χ1) is 9.34. The number of hydrogen-bond acceptors (Lipinski definition) is 3. The molecule has 0 saturated carbocycles. The zero-order chi connectivity index (χ0) is 13.1. The Morgan fingerprint density at radius 1 is 1.11 bits per heavy atom. The second-order valence-corrected chi connectivity index (χ2v) is 4.07. The molecule has 5 heteroatoms. The van der Waals surface area contributed by atoms with Crippen LogP contribution in [-0.2, 0) is 6.54 Å². The molecule has 0 aliphatic heterocycles. The van der Waals surface area contributed by atoms with Crippen molar-refractivity contribution in [3.05, 3.63) is 66.4 Å². The molecule has 94 valence electrons. The number of nitrogens with one attached hydrogen (secondary N) is 1. The monoisotopic (exact) mass is 252 g/mol. The molecule has 0 fully saturated rings. The predicted octanol–water partition coefficient (Wildman–Crippen LogP) is 1.66. The van der Waals surface area contributed by atoms with Crippen LogP contribution in [0.3, 0.4) is 0 Å². The van der Waals surface area contributed by atoms with E-state index in [2.05, 4.69) is 15.3 Å². The summed E-state index contributed by atoms with van der Waals surface area (Å²) in [7, 11) is 0. The number of imidazole rings is 1. The number of rotatable bonds is 3. The van der Waals surface area contributed by atoms with Crippen molar-refractivity contribution in [2.45, 2.75) is 6.54 Å². The van der Waals surface area contributed by atoms with Crippen molar-refractivity contribution in [3.63, 3.8) is 0 Å². The summed E-state index contributed by atoms with van der Waals surface area (Å²) < 4.78 is 1.76. The van der Waals surface area contributed by atoms with E-state index in [1.54, 1.807) is 29.1 Å².